The predicted octanol–water partition coefficient (Wildman–Crippen LogP) is 2.58. The quantitative estimate of drug-likeness (QED) is 0.844. The molecule has 0 aromatic carbocycles. The molecule has 1 aliphatic carbocycles. The Bertz CT molecular complexity index is 404. The van der Waals surface area contributed by atoms with Gasteiger partial charge in [-0.15, -0.1) is 0 Å². The molecule has 1 heterocycles. The third kappa shape index (κ3) is 2.62. The summed E-state index contributed by atoms with van der Waals surface area (Å²) in [4.78, 5) is 2.42. The molecule has 0 radical (unpaired) electrons. The van der Waals surface area contributed by atoms with Crippen molar-refractivity contribution in [3.63, 3.8) is 0 Å². The Morgan fingerprint density at radius 2 is 2.11 bits per heavy atom. The SMILES string of the molecule is CCCc1nn(C)c(N(CC2CC2)C(C)C)c1N. The highest BCUT2D eigenvalue weighted by molar-refractivity contribution is 5.67. The summed E-state index contributed by atoms with van der Waals surface area (Å²) in [6.07, 6.45) is 4.78. The van der Waals surface area contributed by atoms with Gasteiger partial charge in [0.1, 0.15) is 0 Å². The average Bonchev–Trinajstić information content (AvgIpc) is 3.06. The van der Waals surface area contributed by atoms with Gasteiger partial charge in [0.25, 0.3) is 0 Å². The first-order valence-electron chi connectivity index (χ1n) is 7.12. The number of anilines is 2. The zero-order chi connectivity index (χ0) is 13.3. The molecule has 0 spiro atoms. The summed E-state index contributed by atoms with van der Waals surface area (Å²) in [5, 5.41) is 4.58. The van der Waals surface area contributed by atoms with E-state index in [9.17, 15) is 0 Å². The van der Waals surface area contributed by atoms with Crippen molar-refractivity contribution in [1.29, 1.82) is 0 Å². The lowest BCUT2D eigenvalue weighted by Crippen LogP contribution is -2.34. The van der Waals surface area contributed by atoms with E-state index in [4.69, 9.17) is 5.73 Å². The maximum Gasteiger partial charge on any atom is 0.150 e. The minimum Gasteiger partial charge on any atom is -0.394 e. The van der Waals surface area contributed by atoms with Crippen LogP contribution in [0.4, 0.5) is 11.5 Å². The fraction of sp³-hybridized carbons (Fsp3) is 0.786. The molecule has 0 saturated heterocycles. The lowest BCUT2D eigenvalue weighted by molar-refractivity contribution is 0.609. The van der Waals surface area contributed by atoms with Gasteiger partial charge in [-0.25, -0.2) is 0 Å². The molecule has 18 heavy (non-hydrogen) atoms. The highest BCUT2D eigenvalue weighted by Crippen LogP contribution is 2.35. The Kier molecular flexibility index (Phi) is 3.83. The molecular weight excluding hydrogens is 224 g/mol. The van der Waals surface area contributed by atoms with Crippen LogP contribution in [0.5, 0.6) is 0 Å². The van der Waals surface area contributed by atoms with Gasteiger partial charge in [0, 0.05) is 19.6 Å². The van der Waals surface area contributed by atoms with Crippen molar-refractivity contribution in [2.24, 2.45) is 13.0 Å². The van der Waals surface area contributed by atoms with Crippen LogP contribution in [0.2, 0.25) is 0 Å². The molecule has 1 fully saturated rings. The van der Waals surface area contributed by atoms with Crippen LogP contribution in [0.25, 0.3) is 0 Å². The van der Waals surface area contributed by atoms with Crippen molar-refractivity contribution in [1.82, 2.24) is 9.78 Å². The van der Waals surface area contributed by atoms with E-state index in [2.05, 4.69) is 30.8 Å². The van der Waals surface area contributed by atoms with E-state index < -0.39 is 0 Å². The number of nitrogen functional groups attached to an aromatic ring is 1. The van der Waals surface area contributed by atoms with Crippen LogP contribution < -0.4 is 10.6 Å². The van der Waals surface area contributed by atoms with Crippen LogP contribution in [0.15, 0.2) is 0 Å². The minimum atomic E-state index is 0.470. The zero-order valence-corrected chi connectivity index (χ0v) is 12.1. The van der Waals surface area contributed by atoms with Crippen molar-refractivity contribution in [2.45, 2.75) is 52.5 Å². The van der Waals surface area contributed by atoms with E-state index in [0.29, 0.717) is 6.04 Å². The number of nitrogens with zero attached hydrogens (tertiary/aromatic N) is 3. The number of nitrogens with two attached hydrogens (primary N) is 1. The highest BCUT2D eigenvalue weighted by atomic mass is 15.4. The van der Waals surface area contributed by atoms with Gasteiger partial charge in [0.2, 0.25) is 0 Å². The molecular formula is C14H26N4. The summed E-state index contributed by atoms with van der Waals surface area (Å²) in [6, 6.07) is 0.470. The normalized spacial score (nSPS) is 15.4. The fourth-order valence-electron chi connectivity index (χ4n) is 2.47. The molecule has 2 rings (SSSR count). The highest BCUT2D eigenvalue weighted by Gasteiger charge is 2.28. The Balaban J connectivity index is 2.27. The molecule has 102 valence electrons. The molecule has 0 bridgehead atoms. The molecule has 0 amide bonds. The second-order valence-electron chi connectivity index (χ2n) is 5.75. The van der Waals surface area contributed by atoms with E-state index in [1.54, 1.807) is 0 Å². The first-order valence-corrected chi connectivity index (χ1v) is 7.12. The van der Waals surface area contributed by atoms with E-state index in [1.165, 1.54) is 12.8 Å². The Hall–Kier alpha value is -1.19. The first kappa shape index (κ1) is 13.2. The molecule has 2 N–H and O–H groups in total. The molecule has 1 aliphatic rings. The topological polar surface area (TPSA) is 47.1 Å². The maximum atomic E-state index is 6.30. The fourth-order valence-corrected chi connectivity index (χ4v) is 2.47. The van der Waals surface area contributed by atoms with Crippen LogP contribution >= 0.6 is 0 Å². The van der Waals surface area contributed by atoms with Crippen LogP contribution in [-0.2, 0) is 13.5 Å². The van der Waals surface area contributed by atoms with Gasteiger partial charge < -0.3 is 10.6 Å². The minimum absolute atomic E-state index is 0.470. The van der Waals surface area contributed by atoms with Crippen molar-refractivity contribution >= 4 is 11.5 Å². The number of hydrogen-bond donors (Lipinski definition) is 1. The van der Waals surface area contributed by atoms with Gasteiger partial charge in [0.05, 0.1) is 11.4 Å². The van der Waals surface area contributed by atoms with Crippen LogP contribution in [-0.4, -0.2) is 22.4 Å². The average molecular weight is 250 g/mol. The second-order valence-corrected chi connectivity index (χ2v) is 5.75. The van der Waals surface area contributed by atoms with Crippen molar-refractivity contribution in [2.75, 3.05) is 17.2 Å². The summed E-state index contributed by atoms with van der Waals surface area (Å²) in [6.45, 7) is 7.74. The molecule has 4 nitrogen and oxygen atoms in total. The summed E-state index contributed by atoms with van der Waals surface area (Å²) in [7, 11) is 2.01. The number of hydrogen-bond acceptors (Lipinski definition) is 3. The molecule has 0 atom stereocenters. The molecule has 1 saturated carbocycles. The van der Waals surface area contributed by atoms with E-state index >= 15 is 0 Å². The Morgan fingerprint density at radius 3 is 2.61 bits per heavy atom. The van der Waals surface area contributed by atoms with E-state index in [-0.39, 0.29) is 0 Å². The van der Waals surface area contributed by atoms with Crippen LogP contribution in [0.1, 0.15) is 45.7 Å². The van der Waals surface area contributed by atoms with Crippen molar-refractivity contribution in [3.05, 3.63) is 5.69 Å². The van der Waals surface area contributed by atoms with Gasteiger partial charge >= 0.3 is 0 Å². The summed E-state index contributed by atoms with van der Waals surface area (Å²) in [5.41, 5.74) is 8.24. The van der Waals surface area contributed by atoms with Crippen molar-refractivity contribution < 1.29 is 0 Å². The zero-order valence-electron chi connectivity index (χ0n) is 12.1. The van der Waals surface area contributed by atoms with Crippen LogP contribution in [0, 0.1) is 5.92 Å². The van der Waals surface area contributed by atoms with E-state index in [0.717, 1.165) is 42.5 Å². The standard InChI is InChI=1S/C14H26N4/c1-5-6-12-13(15)14(17(4)16-12)18(10(2)3)9-11-7-8-11/h10-11H,5-9,15H2,1-4H3. The summed E-state index contributed by atoms with van der Waals surface area (Å²) in [5.74, 6) is 1.97. The van der Waals surface area contributed by atoms with Crippen molar-refractivity contribution in [3.8, 4) is 0 Å². The second kappa shape index (κ2) is 5.21. The lowest BCUT2D eigenvalue weighted by atomic mass is 10.2. The molecule has 0 aliphatic heterocycles. The van der Waals surface area contributed by atoms with Gasteiger partial charge in [-0.1, -0.05) is 13.3 Å². The van der Waals surface area contributed by atoms with Gasteiger partial charge in [-0.05, 0) is 39.0 Å². The molecule has 4 heteroatoms. The van der Waals surface area contributed by atoms with E-state index in [1.807, 2.05) is 11.7 Å². The molecule has 1 aromatic heterocycles. The van der Waals surface area contributed by atoms with Gasteiger partial charge in [-0.2, -0.15) is 5.10 Å². The summed E-state index contributed by atoms with van der Waals surface area (Å²) >= 11 is 0. The van der Waals surface area contributed by atoms with Gasteiger partial charge in [0.15, 0.2) is 5.82 Å². The number of rotatable bonds is 6. The van der Waals surface area contributed by atoms with Gasteiger partial charge in [-0.3, -0.25) is 4.68 Å². The Labute approximate surface area is 110 Å². The Morgan fingerprint density at radius 1 is 1.44 bits per heavy atom. The number of aryl methyl sites for hydroxylation is 2. The lowest BCUT2D eigenvalue weighted by Gasteiger charge is -2.29. The monoisotopic (exact) mass is 250 g/mol. The molecule has 0 unspecified atom stereocenters. The summed E-state index contributed by atoms with van der Waals surface area (Å²) < 4.78 is 1.96. The largest absolute Gasteiger partial charge is 0.394 e. The molecule has 1 aromatic rings. The third-order valence-electron chi connectivity index (χ3n) is 3.66. The third-order valence-corrected chi connectivity index (χ3v) is 3.66. The first-order chi connectivity index (χ1) is 8.54. The number of aromatic nitrogens is 2. The van der Waals surface area contributed by atoms with Crippen LogP contribution in [0.3, 0.4) is 0 Å². The predicted molar refractivity (Wildman–Crippen MR) is 76.8 cm³/mol. The maximum absolute atomic E-state index is 6.30. The smallest absolute Gasteiger partial charge is 0.150 e.